The van der Waals surface area contributed by atoms with Gasteiger partial charge in [-0.3, -0.25) is 9.59 Å². The van der Waals surface area contributed by atoms with Gasteiger partial charge in [0.15, 0.2) is 0 Å². The summed E-state index contributed by atoms with van der Waals surface area (Å²) in [4.78, 5) is 29.5. The lowest BCUT2D eigenvalue weighted by molar-refractivity contribution is -0.134. The minimum Gasteiger partial charge on any atom is -0.467 e. The smallest absolute Gasteiger partial charge is 0.254 e. The van der Waals surface area contributed by atoms with Gasteiger partial charge in [-0.15, -0.1) is 0 Å². The van der Waals surface area contributed by atoms with E-state index in [1.165, 1.54) is 23.1 Å². The van der Waals surface area contributed by atoms with Gasteiger partial charge >= 0.3 is 0 Å². The molecule has 3 rings (SSSR count). The molecule has 0 spiro atoms. The monoisotopic (exact) mass is 416 g/mol. The van der Waals surface area contributed by atoms with Crippen LogP contribution in [0.1, 0.15) is 49.2 Å². The van der Waals surface area contributed by atoms with Crippen LogP contribution in [0.5, 0.6) is 0 Å². The van der Waals surface area contributed by atoms with Gasteiger partial charge in [-0.1, -0.05) is 13.0 Å². The summed E-state index contributed by atoms with van der Waals surface area (Å²) in [5, 5.41) is 0. The summed E-state index contributed by atoms with van der Waals surface area (Å²) in [6.07, 6.45) is 4.12. The van der Waals surface area contributed by atoms with Gasteiger partial charge in [-0.2, -0.15) is 0 Å². The molecule has 2 aromatic rings. The Labute approximate surface area is 176 Å². The van der Waals surface area contributed by atoms with E-state index in [2.05, 4.69) is 0 Å². The van der Waals surface area contributed by atoms with Crippen molar-refractivity contribution in [1.29, 1.82) is 0 Å². The molecule has 1 aromatic carbocycles. The highest BCUT2D eigenvalue weighted by atomic mass is 19.1. The largest absolute Gasteiger partial charge is 0.467 e. The highest BCUT2D eigenvalue weighted by molar-refractivity contribution is 5.96. The number of rotatable bonds is 9. The van der Waals surface area contributed by atoms with Gasteiger partial charge in [0, 0.05) is 24.8 Å². The molecule has 1 aromatic heterocycles. The molecule has 6 nitrogen and oxygen atoms in total. The van der Waals surface area contributed by atoms with Gasteiger partial charge in [0.25, 0.3) is 5.91 Å². The fourth-order valence-corrected chi connectivity index (χ4v) is 3.56. The van der Waals surface area contributed by atoms with Crippen LogP contribution in [-0.4, -0.2) is 53.5 Å². The third-order valence-electron chi connectivity index (χ3n) is 5.49. The fourth-order valence-electron chi connectivity index (χ4n) is 3.56. The number of hydrogen-bond acceptors (Lipinski definition) is 4. The van der Waals surface area contributed by atoms with E-state index in [1.807, 2.05) is 19.9 Å². The van der Waals surface area contributed by atoms with E-state index in [0.29, 0.717) is 31.9 Å². The SMILES string of the molecule is CCC(C)N(CC(=O)N(Cc1ccco1)CC1CCCO1)C(=O)c1cccc(F)c1. The van der Waals surface area contributed by atoms with E-state index in [1.54, 1.807) is 23.3 Å². The maximum atomic E-state index is 13.6. The topological polar surface area (TPSA) is 63.0 Å². The van der Waals surface area contributed by atoms with Crippen molar-refractivity contribution in [2.45, 2.75) is 51.8 Å². The van der Waals surface area contributed by atoms with Crippen LogP contribution in [-0.2, 0) is 16.1 Å². The number of hydrogen-bond donors (Lipinski definition) is 0. The van der Waals surface area contributed by atoms with Gasteiger partial charge in [0.2, 0.25) is 5.91 Å². The van der Waals surface area contributed by atoms with Crippen molar-refractivity contribution >= 4 is 11.8 Å². The summed E-state index contributed by atoms with van der Waals surface area (Å²) in [6, 6.07) is 9.00. The summed E-state index contributed by atoms with van der Waals surface area (Å²) in [6.45, 7) is 5.22. The first-order chi connectivity index (χ1) is 14.5. The molecule has 0 saturated carbocycles. The number of benzene rings is 1. The number of amides is 2. The molecule has 2 unspecified atom stereocenters. The Morgan fingerprint density at radius 1 is 1.27 bits per heavy atom. The van der Waals surface area contributed by atoms with Crippen molar-refractivity contribution < 1.29 is 23.1 Å². The summed E-state index contributed by atoms with van der Waals surface area (Å²) in [5.41, 5.74) is 0.236. The highest BCUT2D eigenvalue weighted by Gasteiger charge is 2.28. The minimum atomic E-state index is -0.478. The summed E-state index contributed by atoms with van der Waals surface area (Å²) in [7, 11) is 0. The molecule has 1 aliphatic heterocycles. The molecular formula is C23H29FN2O4. The van der Waals surface area contributed by atoms with Crippen LogP contribution < -0.4 is 0 Å². The van der Waals surface area contributed by atoms with Crippen LogP contribution in [0.15, 0.2) is 47.1 Å². The zero-order valence-corrected chi connectivity index (χ0v) is 17.6. The van der Waals surface area contributed by atoms with Crippen molar-refractivity contribution in [2.24, 2.45) is 0 Å². The van der Waals surface area contributed by atoms with Gasteiger partial charge in [0.1, 0.15) is 18.1 Å². The minimum absolute atomic E-state index is 0.0140. The Hall–Kier alpha value is -2.67. The maximum absolute atomic E-state index is 13.6. The lowest BCUT2D eigenvalue weighted by Crippen LogP contribution is -2.47. The van der Waals surface area contributed by atoms with E-state index in [0.717, 1.165) is 12.8 Å². The molecule has 0 N–H and O–H groups in total. The lowest BCUT2D eigenvalue weighted by atomic mass is 10.1. The van der Waals surface area contributed by atoms with Crippen molar-refractivity contribution in [1.82, 2.24) is 9.80 Å². The van der Waals surface area contributed by atoms with Crippen molar-refractivity contribution in [2.75, 3.05) is 19.7 Å². The summed E-state index contributed by atoms with van der Waals surface area (Å²) < 4.78 is 24.8. The summed E-state index contributed by atoms with van der Waals surface area (Å²) >= 11 is 0. The van der Waals surface area contributed by atoms with Crippen LogP contribution in [0.3, 0.4) is 0 Å². The normalized spacial score (nSPS) is 17.0. The van der Waals surface area contributed by atoms with Gasteiger partial charge in [-0.05, 0) is 56.5 Å². The van der Waals surface area contributed by atoms with Gasteiger partial charge in [-0.25, -0.2) is 4.39 Å². The van der Waals surface area contributed by atoms with Crippen molar-refractivity contribution in [3.63, 3.8) is 0 Å². The third kappa shape index (κ3) is 5.69. The van der Waals surface area contributed by atoms with Crippen LogP contribution >= 0.6 is 0 Å². The van der Waals surface area contributed by atoms with Crippen LogP contribution in [0, 0.1) is 5.82 Å². The Balaban J connectivity index is 1.77. The third-order valence-corrected chi connectivity index (χ3v) is 5.49. The fraction of sp³-hybridized carbons (Fsp3) is 0.478. The molecule has 0 bridgehead atoms. The second kappa shape index (κ2) is 10.4. The number of ether oxygens (including phenoxy) is 1. The Kier molecular flexibility index (Phi) is 7.63. The van der Waals surface area contributed by atoms with E-state index < -0.39 is 5.82 Å². The zero-order chi connectivity index (χ0) is 21.5. The first-order valence-electron chi connectivity index (χ1n) is 10.5. The van der Waals surface area contributed by atoms with E-state index in [4.69, 9.17) is 9.15 Å². The van der Waals surface area contributed by atoms with Crippen LogP contribution in [0.4, 0.5) is 4.39 Å². The number of halogens is 1. The molecule has 2 heterocycles. The molecule has 7 heteroatoms. The standard InChI is InChI=1S/C23H29FN2O4/c1-3-17(2)26(23(28)18-7-4-8-19(24)13-18)16-22(27)25(14-20-9-5-11-29-20)15-21-10-6-12-30-21/h4-5,7-9,11,13,17,21H,3,6,10,12,14-16H2,1-2H3. The number of furan rings is 1. The van der Waals surface area contributed by atoms with Gasteiger partial charge < -0.3 is 19.0 Å². The predicted molar refractivity (Wildman–Crippen MR) is 110 cm³/mol. The quantitative estimate of drug-likeness (QED) is 0.623. The maximum Gasteiger partial charge on any atom is 0.254 e. The second-order valence-electron chi connectivity index (χ2n) is 7.69. The molecular weight excluding hydrogens is 387 g/mol. The molecule has 30 heavy (non-hydrogen) atoms. The van der Waals surface area contributed by atoms with E-state index in [9.17, 15) is 14.0 Å². The number of nitrogens with zero attached hydrogens (tertiary/aromatic N) is 2. The Morgan fingerprint density at radius 3 is 2.73 bits per heavy atom. The molecule has 0 aliphatic carbocycles. The van der Waals surface area contributed by atoms with Crippen LogP contribution in [0.25, 0.3) is 0 Å². The predicted octanol–water partition coefficient (Wildman–Crippen LogP) is 3.87. The molecule has 2 amide bonds. The Morgan fingerprint density at radius 2 is 2.10 bits per heavy atom. The molecule has 1 saturated heterocycles. The van der Waals surface area contributed by atoms with Gasteiger partial charge in [0.05, 0.1) is 18.9 Å². The van der Waals surface area contributed by atoms with E-state index in [-0.39, 0.29) is 36.1 Å². The number of carbonyl (C=O) groups excluding carboxylic acids is 2. The van der Waals surface area contributed by atoms with Crippen molar-refractivity contribution in [3.05, 3.63) is 59.8 Å². The first kappa shape index (κ1) is 22.0. The number of carbonyl (C=O) groups is 2. The first-order valence-corrected chi connectivity index (χ1v) is 10.5. The molecule has 2 atom stereocenters. The van der Waals surface area contributed by atoms with Crippen molar-refractivity contribution in [3.8, 4) is 0 Å². The lowest BCUT2D eigenvalue weighted by Gasteiger charge is -2.32. The highest BCUT2D eigenvalue weighted by Crippen LogP contribution is 2.18. The summed E-state index contributed by atoms with van der Waals surface area (Å²) in [5.74, 6) is -0.346. The second-order valence-corrected chi connectivity index (χ2v) is 7.69. The zero-order valence-electron chi connectivity index (χ0n) is 17.6. The molecule has 1 fully saturated rings. The van der Waals surface area contributed by atoms with Crippen LogP contribution in [0.2, 0.25) is 0 Å². The molecule has 1 aliphatic rings. The average Bonchev–Trinajstić information content (AvgIpc) is 3.44. The Bertz CT molecular complexity index is 833. The molecule has 162 valence electrons. The average molecular weight is 416 g/mol. The molecule has 0 radical (unpaired) electrons. The van der Waals surface area contributed by atoms with E-state index >= 15 is 0 Å².